The largest absolute Gasteiger partial charge is 0.497 e. The lowest BCUT2D eigenvalue weighted by Crippen LogP contribution is -2.56. The van der Waals surface area contributed by atoms with Gasteiger partial charge in [0.25, 0.3) is 0 Å². The van der Waals surface area contributed by atoms with E-state index in [1.807, 2.05) is 31.3 Å². The minimum absolute atomic E-state index is 0.0201. The van der Waals surface area contributed by atoms with Gasteiger partial charge in [-0.25, -0.2) is 19.6 Å². The normalized spacial score (nSPS) is 26.2. The van der Waals surface area contributed by atoms with E-state index < -0.39 is 53.2 Å². The first kappa shape index (κ1) is 35.7. The number of imidazole rings is 1. The van der Waals surface area contributed by atoms with E-state index in [9.17, 15) is 24.3 Å². The monoisotopic (exact) mass is 702 g/mol. The highest BCUT2D eigenvalue weighted by Gasteiger charge is 2.61. The Balaban J connectivity index is 1.34. The summed E-state index contributed by atoms with van der Waals surface area (Å²) in [6.07, 6.45) is 9.63. The maximum Gasteiger partial charge on any atom is 0.408 e. The van der Waals surface area contributed by atoms with E-state index in [1.165, 1.54) is 4.90 Å². The molecule has 3 amide bonds. The number of carbonyl (C=O) groups is 4. The summed E-state index contributed by atoms with van der Waals surface area (Å²) in [6, 6.07) is 5.18. The third kappa shape index (κ3) is 7.94. The number of aliphatic carboxylic acids is 1. The molecule has 4 heterocycles. The van der Waals surface area contributed by atoms with E-state index in [0.29, 0.717) is 41.1 Å². The molecule has 1 unspecified atom stereocenters. The molecule has 1 aromatic carbocycles. The fourth-order valence-electron chi connectivity index (χ4n) is 6.84. The van der Waals surface area contributed by atoms with Gasteiger partial charge in [-0.1, -0.05) is 25.0 Å². The number of pyridine rings is 1. The lowest BCUT2D eigenvalue weighted by Gasteiger charge is -2.30. The summed E-state index contributed by atoms with van der Waals surface area (Å²) in [5.41, 5.74) is -0.829. The minimum Gasteiger partial charge on any atom is -0.497 e. The zero-order valence-corrected chi connectivity index (χ0v) is 29.7. The molecule has 2 fully saturated rings. The van der Waals surface area contributed by atoms with Gasteiger partial charge in [0.2, 0.25) is 11.8 Å². The molecule has 2 aromatic heterocycles. The van der Waals surface area contributed by atoms with Crippen LogP contribution in [0.3, 0.4) is 0 Å². The number of carboxylic acid groups (broad SMARTS) is 1. The Labute approximate surface area is 296 Å². The highest BCUT2D eigenvalue weighted by Crippen LogP contribution is 2.45. The molecular formula is C37H46N6O8. The van der Waals surface area contributed by atoms with Crippen LogP contribution in [0.4, 0.5) is 4.79 Å². The van der Waals surface area contributed by atoms with Crippen LogP contribution in [0.1, 0.15) is 71.4 Å². The fourth-order valence-corrected chi connectivity index (χ4v) is 6.84. The first-order valence-electron chi connectivity index (χ1n) is 17.4. The van der Waals surface area contributed by atoms with Crippen LogP contribution < -0.4 is 20.1 Å². The van der Waals surface area contributed by atoms with E-state index in [2.05, 4.69) is 15.6 Å². The van der Waals surface area contributed by atoms with Gasteiger partial charge in [-0.15, -0.1) is 0 Å². The number of hydrogen-bond donors (Lipinski definition) is 3. The predicted octanol–water partition coefficient (Wildman–Crippen LogP) is 4.46. The van der Waals surface area contributed by atoms with E-state index in [1.54, 1.807) is 57.0 Å². The van der Waals surface area contributed by atoms with Crippen LogP contribution in [0.25, 0.3) is 16.7 Å². The van der Waals surface area contributed by atoms with Crippen LogP contribution in [0.5, 0.6) is 11.5 Å². The van der Waals surface area contributed by atoms with Crippen LogP contribution in [0.15, 0.2) is 48.9 Å². The molecule has 5 atom stereocenters. The molecule has 1 saturated heterocycles. The SMILES string of the molecule is COc1ccc2c(O[C@@H]3C[C@H]4C(=O)N[C@]5(C(=O)O)C[C@H]5/C=C\CCCCCC(NC(=O)OC(C)(C)C)C(=O)N4C3)cc(-n3cnc(C)c3)nc2c1. The molecule has 14 nitrogen and oxygen atoms in total. The lowest BCUT2D eigenvalue weighted by atomic mass is 10.0. The average Bonchev–Trinajstić information content (AvgIpc) is 3.34. The number of allylic oxidation sites excluding steroid dienone is 1. The maximum absolute atomic E-state index is 14.4. The third-order valence-electron chi connectivity index (χ3n) is 9.55. The Kier molecular flexibility index (Phi) is 9.96. The summed E-state index contributed by atoms with van der Waals surface area (Å²) in [4.78, 5) is 64.4. The number of nitrogens with one attached hydrogen (secondary N) is 2. The molecular weight excluding hydrogens is 656 g/mol. The predicted molar refractivity (Wildman–Crippen MR) is 187 cm³/mol. The number of carboxylic acids is 1. The second-order valence-electron chi connectivity index (χ2n) is 14.6. The summed E-state index contributed by atoms with van der Waals surface area (Å²) in [6.45, 7) is 7.11. The standard InChI is InChI=1S/C37H46N6O8/c1-22-19-42(21-38-22)31-17-30(26-14-13-24(49-5)15-28(26)39-31)50-25-16-29-32(44)41-37(34(46)47)18-23(37)11-9-7-6-8-10-12-27(33(45)43(29)20-25)40-35(48)51-36(2,3)4/h9,11,13-15,17,19,21,23,25,27,29H,6-8,10,12,16,18,20H2,1-5H3,(H,40,48)(H,41,44)(H,46,47)/b11-9-/t23-,25-,27?,29+,37-/m1/s1. The summed E-state index contributed by atoms with van der Waals surface area (Å²) < 4.78 is 19.3. The van der Waals surface area contributed by atoms with Crippen LogP contribution in [0, 0.1) is 12.8 Å². The highest BCUT2D eigenvalue weighted by atomic mass is 16.6. The lowest BCUT2D eigenvalue weighted by molar-refractivity contribution is -0.145. The van der Waals surface area contributed by atoms with Gasteiger partial charge >= 0.3 is 12.1 Å². The summed E-state index contributed by atoms with van der Waals surface area (Å²) in [5, 5.41) is 16.4. The van der Waals surface area contributed by atoms with Crippen molar-refractivity contribution in [2.45, 2.75) is 102 Å². The molecule has 3 aromatic rings. The zero-order valence-electron chi connectivity index (χ0n) is 29.7. The van der Waals surface area contributed by atoms with Crippen molar-refractivity contribution in [3.05, 3.63) is 54.6 Å². The van der Waals surface area contributed by atoms with E-state index >= 15 is 0 Å². The van der Waals surface area contributed by atoms with Crippen molar-refractivity contribution in [2.75, 3.05) is 13.7 Å². The van der Waals surface area contributed by atoms with Crippen LogP contribution in [0.2, 0.25) is 0 Å². The van der Waals surface area contributed by atoms with Gasteiger partial charge in [0.1, 0.15) is 53.0 Å². The number of aromatic nitrogens is 3. The van der Waals surface area contributed by atoms with Gasteiger partial charge < -0.3 is 34.9 Å². The van der Waals surface area contributed by atoms with Crippen molar-refractivity contribution < 1.29 is 38.5 Å². The van der Waals surface area contributed by atoms with E-state index in [0.717, 1.165) is 25.0 Å². The number of alkyl carbamates (subject to hydrolysis) is 1. The van der Waals surface area contributed by atoms with Crippen molar-refractivity contribution in [3.8, 4) is 17.3 Å². The molecule has 272 valence electrons. The number of rotatable bonds is 6. The first-order valence-corrected chi connectivity index (χ1v) is 17.4. The molecule has 51 heavy (non-hydrogen) atoms. The molecule has 0 radical (unpaired) electrons. The van der Waals surface area contributed by atoms with Crippen molar-refractivity contribution in [3.63, 3.8) is 0 Å². The Morgan fingerprint density at radius 3 is 2.65 bits per heavy atom. The maximum atomic E-state index is 14.4. The molecule has 1 aliphatic carbocycles. The number of carbonyl (C=O) groups excluding carboxylic acids is 3. The summed E-state index contributed by atoms with van der Waals surface area (Å²) in [7, 11) is 1.57. The third-order valence-corrected chi connectivity index (χ3v) is 9.55. The van der Waals surface area contributed by atoms with Gasteiger partial charge in [-0.2, -0.15) is 0 Å². The number of nitrogens with zero attached hydrogens (tertiary/aromatic N) is 4. The molecule has 1 saturated carbocycles. The number of ether oxygens (including phenoxy) is 3. The Bertz CT molecular complexity index is 1850. The van der Waals surface area contributed by atoms with Crippen molar-refractivity contribution in [1.29, 1.82) is 0 Å². The van der Waals surface area contributed by atoms with E-state index in [4.69, 9.17) is 19.2 Å². The Morgan fingerprint density at radius 2 is 1.94 bits per heavy atom. The molecule has 0 spiro atoms. The van der Waals surface area contributed by atoms with Crippen molar-refractivity contribution >= 4 is 34.8 Å². The smallest absolute Gasteiger partial charge is 0.408 e. The summed E-state index contributed by atoms with van der Waals surface area (Å²) >= 11 is 0. The van der Waals surface area contributed by atoms with Gasteiger partial charge in [0, 0.05) is 36.1 Å². The number of benzene rings is 1. The number of aryl methyl sites for hydroxylation is 1. The Morgan fingerprint density at radius 1 is 1.14 bits per heavy atom. The fraction of sp³-hybridized carbons (Fsp3) is 0.514. The number of methoxy groups -OCH3 is 1. The van der Waals surface area contributed by atoms with Crippen molar-refractivity contribution in [2.24, 2.45) is 5.92 Å². The molecule has 14 heteroatoms. The molecule has 3 aliphatic rings. The number of fused-ring (bicyclic) bond motifs is 3. The average molecular weight is 703 g/mol. The van der Waals surface area contributed by atoms with Gasteiger partial charge in [0.15, 0.2) is 0 Å². The molecule has 0 bridgehead atoms. The summed E-state index contributed by atoms with van der Waals surface area (Å²) in [5.74, 6) is -0.891. The van der Waals surface area contributed by atoms with Crippen LogP contribution in [-0.4, -0.2) is 91.4 Å². The van der Waals surface area contributed by atoms with Gasteiger partial charge in [0.05, 0.1) is 24.9 Å². The highest BCUT2D eigenvalue weighted by molar-refractivity contribution is 5.96. The van der Waals surface area contributed by atoms with Crippen LogP contribution in [-0.2, 0) is 19.1 Å². The van der Waals surface area contributed by atoms with Crippen LogP contribution >= 0.6 is 0 Å². The zero-order chi connectivity index (χ0) is 36.5. The number of hydrogen-bond acceptors (Lipinski definition) is 9. The molecule has 3 N–H and O–H groups in total. The topological polar surface area (TPSA) is 174 Å². The van der Waals surface area contributed by atoms with E-state index in [-0.39, 0.29) is 25.3 Å². The number of amides is 3. The molecule has 2 aliphatic heterocycles. The van der Waals surface area contributed by atoms with Crippen molar-refractivity contribution in [1.82, 2.24) is 30.1 Å². The van der Waals surface area contributed by atoms with Gasteiger partial charge in [-0.05, 0) is 65.5 Å². The minimum atomic E-state index is -1.45. The van der Waals surface area contributed by atoms with Gasteiger partial charge in [-0.3, -0.25) is 14.2 Å². The molecule has 6 rings (SSSR count). The first-order chi connectivity index (χ1) is 24.3. The second-order valence-corrected chi connectivity index (χ2v) is 14.6. The Hall–Kier alpha value is -5.14. The second kappa shape index (κ2) is 14.2. The quantitative estimate of drug-likeness (QED) is 0.311.